The number of halogens is 3. The van der Waals surface area contributed by atoms with Crippen molar-refractivity contribution in [2.75, 3.05) is 11.1 Å². The average molecular weight is 520 g/mol. The molecule has 7 nitrogen and oxygen atoms in total. The number of nitrogens with one attached hydrogen (secondary N) is 1. The lowest BCUT2D eigenvalue weighted by Crippen LogP contribution is -2.14. The zero-order valence-corrected chi connectivity index (χ0v) is 20.3. The summed E-state index contributed by atoms with van der Waals surface area (Å²) in [5.41, 5.74) is 2.13. The number of hydrogen-bond acceptors (Lipinski definition) is 7. The molecule has 0 saturated carbocycles. The van der Waals surface area contributed by atoms with Crippen molar-refractivity contribution in [1.29, 1.82) is 0 Å². The summed E-state index contributed by atoms with van der Waals surface area (Å²) in [6.45, 7) is 1.94. The van der Waals surface area contributed by atoms with E-state index >= 15 is 0 Å². The molecule has 0 spiro atoms. The summed E-state index contributed by atoms with van der Waals surface area (Å²) in [6.07, 6.45) is -4.45. The van der Waals surface area contributed by atoms with Crippen molar-refractivity contribution >= 4 is 34.1 Å². The molecule has 0 bridgehead atoms. The number of aromatic nitrogens is 4. The van der Waals surface area contributed by atoms with E-state index < -0.39 is 11.7 Å². The minimum atomic E-state index is -4.45. The second-order valence-electron chi connectivity index (χ2n) is 7.51. The third kappa shape index (κ3) is 6.40. The van der Waals surface area contributed by atoms with Crippen LogP contribution in [0.3, 0.4) is 0 Å². The van der Waals surface area contributed by atoms with Crippen LogP contribution in [0.2, 0.25) is 0 Å². The predicted octanol–water partition coefficient (Wildman–Crippen LogP) is 5.58. The van der Waals surface area contributed by atoms with Gasteiger partial charge in [0.1, 0.15) is 12.4 Å². The fraction of sp³-hybridized carbons (Fsp3) is 0.217. The topological polar surface area (TPSA) is 81.9 Å². The van der Waals surface area contributed by atoms with Crippen LogP contribution in [0.15, 0.2) is 59.1 Å². The first kappa shape index (κ1) is 24.7. The van der Waals surface area contributed by atoms with E-state index in [9.17, 15) is 18.0 Å². The summed E-state index contributed by atoms with van der Waals surface area (Å²) in [6, 6.07) is 12.6. The van der Waals surface area contributed by atoms with Crippen molar-refractivity contribution in [2.45, 2.75) is 24.9 Å². The molecular weight excluding hydrogens is 499 g/mol. The number of amides is 1. The van der Waals surface area contributed by atoms with Gasteiger partial charge in [0.15, 0.2) is 16.1 Å². The van der Waals surface area contributed by atoms with Crippen LogP contribution in [-0.4, -0.2) is 31.4 Å². The first-order valence-corrected chi connectivity index (χ1v) is 12.2. The van der Waals surface area contributed by atoms with E-state index in [1.165, 1.54) is 35.2 Å². The molecule has 4 rings (SSSR count). The third-order valence-corrected chi connectivity index (χ3v) is 6.66. The Bertz CT molecular complexity index is 1320. The number of benzene rings is 2. The Balaban J connectivity index is 1.30. The molecule has 35 heavy (non-hydrogen) atoms. The lowest BCUT2D eigenvalue weighted by molar-refractivity contribution is -0.137. The van der Waals surface area contributed by atoms with E-state index in [0.717, 1.165) is 29.0 Å². The highest BCUT2D eigenvalue weighted by Gasteiger charge is 2.30. The molecule has 0 aliphatic heterocycles. The van der Waals surface area contributed by atoms with E-state index in [-0.39, 0.29) is 24.0 Å². The zero-order valence-electron chi connectivity index (χ0n) is 18.7. The number of carbonyl (C=O) groups is 1. The molecular formula is C23H20F3N5O2S2. The fourth-order valence-electron chi connectivity index (χ4n) is 2.98. The molecule has 0 aliphatic carbocycles. The van der Waals surface area contributed by atoms with Gasteiger partial charge in [-0.2, -0.15) is 13.2 Å². The maximum atomic E-state index is 12.9. The second kappa shape index (κ2) is 10.5. The number of alkyl halides is 3. The lowest BCUT2D eigenvalue weighted by Gasteiger charge is -2.10. The van der Waals surface area contributed by atoms with Crippen LogP contribution in [-0.2, 0) is 24.6 Å². The highest BCUT2D eigenvalue weighted by Crippen LogP contribution is 2.31. The van der Waals surface area contributed by atoms with Crippen molar-refractivity contribution in [3.05, 3.63) is 70.9 Å². The van der Waals surface area contributed by atoms with Gasteiger partial charge in [-0.25, -0.2) is 4.98 Å². The van der Waals surface area contributed by atoms with Crippen LogP contribution >= 0.6 is 23.1 Å². The lowest BCUT2D eigenvalue weighted by atomic mass is 10.1. The summed E-state index contributed by atoms with van der Waals surface area (Å²) >= 11 is 2.52. The highest BCUT2D eigenvalue weighted by atomic mass is 32.2. The normalized spacial score (nSPS) is 11.5. The van der Waals surface area contributed by atoms with E-state index in [2.05, 4.69) is 20.5 Å². The van der Waals surface area contributed by atoms with Crippen LogP contribution in [0.5, 0.6) is 5.75 Å². The number of rotatable bonds is 8. The van der Waals surface area contributed by atoms with Crippen molar-refractivity contribution in [2.24, 2.45) is 7.05 Å². The molecule has 0 saturated heterocycles. The van der Waals surface area contributed by atoms with Crippen molar-refractivity contribution in [3.8, 4) is 17.0 Å². The van der Waals surface area contributed by atoms with Crippen LogP contribution < -0.4 is 10.1 Å². The van der Waals surface area contributed by atoms with Crippen LogP contribution in [0.25, 0.3) is 11.3 Å². The summed E-state index contributed by atoms with van der Waals surface area (Å²) in [7, 11) is 1.69. The Hall–Kier alpha value is -3.38. The van der Waals surface area contributed by atoms with Crippen molar-refractivity contribution in [3.63, 3.8) is 0 Å². The number of carbonyl (C=O) groups excluding carboxylic acids is 1. The van der Waals surface area contributed by atoms with Gasteiger partial charge in [-0.3, -0.25) is 4.79 Å². The van der Waals surface area contributed by atoms with Gasteiger partial charge in [-0.15, -0.1) is 21.5 Å². The third-order valence-electron chi connectivity index (χ3n) is 4.88. The first-order chi connectivity index (χ1) is 16.7. The molecule has 2 aromatic carbocycles. The van der Waals surface area contributed by atoms with Gasteiger partial charge in [0.05, 0.1) is 17.0 Å². The van der Waals surface area contributed by atoms with Gasteiger partial charge in [-0.05, 0) is 25.1 Å². The van der Waals surface area contributed by atoms with Gasteiger partial charge < -0.3 is 14.6 Å². The molecule has 2 heterocycles. The molecule has 0 radical (unpaired) electrons. The largest absolute Gasteiger partial charge is 0.486 e. The minimum absolute atomic E-state index is 0.0710. The van der Waals surface area contributed by atoms with Crippen LogP contribution in [0, 0.1) is 6.92 Å². The molecule has 0 aliphatic rings. The number of aryl methyl sites for hydroxylation is 1. The van der Waals surface area contributed by atoms with Gasteiger partial charge in [0.25, 0.3) is 0 Å². The Kier molecular flexibility index (Phi) is 7.41. The quantitative estimate of drug-likeness (QED) is 0.306. The van der Waals surface area contributed by atoms with Gasteiger partial charge in [-0.1, -0.05) is 47.7 Å². The number of nitrogens with zero attached hydrogens (tertiary/aromatic N) is 4. The zero-order chi connectivity index (χ0) is 25.0. The molecule has 1 amide bonds. The Morgan fingerprint density at radius 2 is 1.94 bits per heavy atom. The maximum Gasteiger partial charge on any atom is 0.416 e. The number of ether oxygens (including phenoxy) is 1. The number of thioether (sulfide) groups is 1. The summed E-state index contributed by atoms with van der Waals surface area (Å²) in [5.74, 6) is 0.322. The standard InChI is InChI=1S/C23H20F3N5O2S2/c1-14-6-8-15(9-7-14)18-12-34-21(27-18)28-20(32)13-35-22-30-29-19(31(22)2)11-33-17-5-3-4-16(10-17)23(24,25)26/h3-10,12H,11,13H2,1-2H3,(H,27,28,32). The number of hydrogen-bond donors (Lipinski definition) is 1. The van der Waals surface area contributed by atoms with E-state index in [1.807, 2.05) is 36.6 Å². The Morgan fingerprint density at radius 3 is 2.69 bits per heavy atom. The summed E-state index contributed by atoms with van der Waals surface area (Å²) in [4.78, 5) is 16.8. The fourth-order valence-corrected chi connectivity index (χ4v) is 4.45. The molecule has 0 unspecified atom stereocenters. The van der Waals surface area contributed by atoms with Gasteiger partial charge in [0, 0.05) is 18.0 Å². The second-order valence-corrected chi connectivity index (χ2v) is 9.31. The van der Waals surface area contributed by atoms with E-state index in [0.29, 0.717) is 16.1 Å². The summed E-state index contributed by atoms with van der Waals surface area (Å²) < 4.78 is 45.7. The number of anilines is 1. The molecule has 0 fully saturated rings. The molecule has 4 aromatic rings. The van der Waals surface area contributed by atoms with Crippen molar-refractivity contribution < 1.29 is 22.7 Å². The van der Waals surface area contributed by atoms with E-state index in [4.69, 9.17) is 4.74 Å². The SMILES string of the molecule is Cc1ccc(-c2csc(NC(=O)CSc3nnc(COc4cccc(C(F)(F)F)c4)n3C)n2)cc1. The molecule has 2 aromatic heterocycles. The Labute approximate surface area is 207 Å². The minimum Gasteiger partial charge on any atom is -0.486 e. The highest BCUT2D eigenvalue weighted by molar-refractivity contribution is 7.99. The molecule has 1 N–H and O–H groups in total. The number of thiazole rings is 1. The van der Waals surface area contributed by atoms with Crippen LogP contribution in [0.4, 0.5) is 18.3 Å². The Morgan fingerprint density at radius 1 is 1.17 bits per heavy atom. The summed E-state index contributed by atoms with van der Waals surface area (Å²) in [5, 5.41) is 13.7. The monoisotopic (exact) mass is 519 g/mol. The molecule has 12 heteroatoms. The van der Waals surface area contributed by atoms with Crippen LogP contribution in [0.1, 0.15) is 17.0 Å². The molecule has 0 atom stereocenters. The smallest absolute Gasteiger partial charge is 0.416 e. The van der Waals surface area contributed by atoms with Gasteiger partial charge in [0.2, 0.25) is 5.91 Å². The molecule has 182 valence electrons. The maximum absolute atomic E-state index is 12.9. The average Bonchev–Trinajstić information content (AvgIpc) is 3.43. The van der Waals surface area contributed by atoms with Crippen molar-refractivity contribution in [1.82, 2.24) is 19.7 Å². The first-order valence-electron chi connectivity index (χ1n) is 10.3. The van der Waals surface area contributed by atoms with E-state index in [1.54, 1.807) is 11.6 Å². The predicted molar refractivity (Wildman–Crippen MR) is 128 cm³/mol. The van der Waals surface area contributed by atoms with Gasteiger partial charge >= 0.3 is 6.18 Å².